The first-order valence-corrected chi connectivity index (χ1v) is 5.99. The van der Waals surface area contributed by atoms with Crippen LogP contribution in [-0.4, -0.2) is 8.42 Å². The SMILES string of the molecule is C/C(=C\c1ccccc1)S(=O)(=O)Cl. The van der Waals surface area contributed by atoms with Gasteiger partial charge < -0.3 is 0 Å². The van der Waals surface area contributed by atoms with Gasteiger partial charge in [-0.3, -0.25) is 0 Å². The van der Waals surface area contributed by atoms with Crippen LogP contribution in [0.3, 0.4) is 0 Å². The fourth-order valence-electron chi connectivity index (χ4n) is 0.854. The molecule has 0 saturated heterocycles. The number of benzene rings is 1. The van der Waals surface area contributed by atoms with Crippen LogP contribution in [0.2, 0.25) is 0 Å². The van der Waals surface area contributed by atoms with Crippen LogP contribution in [0.5, 0.6) is 0 Å². The Hall–Kier alpha value is -0.800. The van der Waals surface area contributed by atoms with Gasteiger partial charge in [-0.2, -0.15) is 0 Å². The molecule has 2 nitrogen and oxygen atoms in total. The number of hydrogen-bond donors (Lipinski definition) is 0. The van der Waals surface area contributed by atoms with Crippen molar-refractivity contribution in [2.45, 2.75) is 6.92 Å². The Labute approximate surface area is 82.3 Å². The van der Waals surface area contributed by atoms with E-state index in [0.717, 1.165) is 5.56 Å². The van der Waals surface area contributed by atoms with Crippen molar-refractivity contribution in [1.29, 1.82) is 0 Å². The molecule has 0 aliphatic carbocycles. The molecule has 0 unspecified atom stereocenters. The molecule has 0 aliphatic rings. The van der Waals surface area contributed by atoms with Gasteiger partial charge in [-0.25, -0.2) is 8.42 Å². The lowest BCUT2D eigenvalue weighted by molar-refractivity contribution is 0.615. The first-order chi connectivity index (χ1) is 6.00. The molecule has 0 heterocycles. The van der Waals surface area contributed by atoms with E-state index in [-0.39, 0.29) is 4.91 Å². The normalized spacial score (nSPS) is 12.9. The van der Waals surface area contributed by atoms with Crippen LogP contribution in [0, 0.1) is 0 Å². The summed E-state index contributed by atoms with van der Waals surface area (Å²) in [6.45, 7) is 1.47. The molecule has 0 saturated carbocycles. The summed E-state index contributed by atoms with van der Waals surface area (Å²) in [4.78, 5) is 0.153. The van der Waals surface area contributed by atoms with E-state index < -0.39 is 9.05 Å². The van der Waals surface area contributed by atoms with Crippen molar-refractivity contribution in [3.05, 3.63) is 40.8 Å². The second kappa shape index (κ2) is 3.94. The third-order valence-corrected chi connectivity index (χ3v) is 3.17. The van der Waals surface area contributed by atoms with E-state index in [4.69, 9.17) is 10.7 Å². The highest BCUT2D eigenvalue weighted by Gasteiger charge is 2.07. The van der Waals surface area contributed by atoms with Gasteiger partial charge in [0.15, 0.2) is 0 Å². The quantitative estimate of drug-likeness (QED) is 0.713. The summed E-state index contributed by atoms with van der Waals surface area (Å²) in [6.07, 6.45) is 1.53. The third-order valence-electron chi connectivity index (χ3n) is 1.55. The first-order valence-electron chi connectivity index (χ1n) is 3.68. The van der Waals surface area contributed by atoms with E-state index in [1.807, 2.05) is 30.3 Å². The average molecular weight is 217 g/mol. The van der Waals surface area contributed by atoms with Gasteiger partial charge >= 0.3 is 0 Å². The Morgan fingerprint density at radius 3 is 2.31 bits per heavy atom. The average Bonchev–Trinajstić information content (AvgIpc) is 2.04. The Bertz CT molecular complexity index is 407. The van der Waals surface area contributed by atoms with Gasteiger partial charge in [0.1, 0.15) is 0 Å². The molecule has 0 fully saturated rings. The maximum absolute atomic E-state index is 10.8. The van der Waals surface area contributed by atoms with Crippen LogP contribution in [0.25, 0.3) is 6.08 Å². The molecule has 0 aromatic heterocycles. The van der Waals surface area contributed by atoms with Crippen molar-refractivity contribution < 1.29 is 8.42 Å². The first kappa shape index (κ1) is 10.3. The van der Waals surface area contributed by atoms with Crippen molar-refractivity contribution in [2.24, 2.45) is 0 Å². The van der Waals surface area contributed by atoms with Crippen LogP contribution in [0.15, 0.2) is 35.2 Å². The van der Waals surface area contributed by atoms with Gasteiger partial charge in [0, 0.05) is 10.7 Å². The molecule has 1 aromatic rings. The number of hydrogen-bond acceptors (Lipinski definition) is 2. The summed E-state index contributed by atoms with van der Waals surface area (Å²) in [5, 5.41) is 0. The van der Waals surface area contributed by atoms with Crippen LogP contribution in [-0.2, 0) is 9.05 Å². The number of allylic oxidation sites excluding steroid dienone is 1. The Kier molecular flexibility index (Phi) is 3.12. The lowest BCUT2D eigenvalue weighted by Crippen LogP contribution is -1.89. The minimum atomic E-state index is -3.57. The highest BCUT2D eigenvalue weighted by Crippen LogP contribution is 2.14. The van der Waals surface area contributed by atoms with E-state index >= 15 is 0 Å². The second-order valence-electron chi connectivity index (χ2n) is 2.60. The standard InChI is InChI=1S/C9H9ClO2S/c1-8(13(10,11)12)7-9-5-3-2-4-6-9/h2-7H,1H3/b8-7+. The summed E-state index contributed by atoms with van der Waals surface area (Å²) < 4.78 is 21.7. The largest absolute Gasteiger partial charge is 0.257 e. The number of halogens is 1. The molecule has 1 rings (SSSR count). The zero-order chi connectivity index (χ0) is 9.90. The van der Waals surface area contributed by atoms with E-state index in [9.17, 15) is 8.42 Å². The minimum Gasteiger partial charge on any atom is -0.207 e. The van der Waals surface area contributed by atoms with Gasteiger partial charge in [0.05, 0.1) is 4.91 Å². The molecule has 0 spiro atoms. The van der Waals surface area contributed by atoms with Gasteiger partial charge in [-0.05, 0) is 18.6 Å². The maximum atomic E-state index is 10.8. The third kappa shape index (κ3) is 3.20. The Morgan fingerprint density at radius 1 is 1.31 bits per heavy atom. The lowest BCUT2D eigenvalue weighted by Gasteiger charge is -1.95. The van der Waals surface area contributed by atoms with Crippen molar-refractivity contribution in [1.82, 2.24) is 0 Å². The fourth-order valence-corrected chi connectivity index (χ4v) is 1.26. The topological polar surface area (TPSA) is 34.1 Å². The van der Waals surface area contributed by atoms with Crippen molar-refractivity contribution in [3.8, 4) is 0 Å². The van der Waals surface area contributed by atoms with E-state index in [2.05, 4.69) is 0 Å². The Balaban J connectivity index is 3.04. The predicted octanol–water partition coefficient (Wildman–Crippen LogP) is 2.62. The molecule has 1 aromatic carbocycles. The van der Waals surface area contributed by atoms with Crippen molar-refractivity contribution in [3.63, 3.8) is 0 Å². The zero-order valence-corrected chi connectivity index (χ0v) is 8.64. The van der Waals surface area contributed by atoms with Crippen LogP contribution in [0.4, 0.5) is 0 Å². The van der Waals surface area contributed by atoms with E-state index in [1.165, 1.54) is 13.0 Å². The van der Waals surface area contributed by atoms with Crippen LogP contribution < -0.4 is 0 Å². The van der Waals surface area contributed by atoms with Crippen molar-refractivity contribution >= 4 is 25.8 Å². The van der Waals surface area contributed by atoms with Gasteiger partial charge in [0.25, 0.3) is 9.05 Å². The minimum absolute atomic E-state index is 0.153. The highest BCUT2D eigenvalue weighted by atomic mass is 35.7. The smallest absolute Gasteiger partial charge is 0.207 e. The molecule has 13 heavy (non-hydrogen) atoms. The van der Waals surface area contributed by atoms with E-state index in [1.54, 1.807) is 0 Å². The van der Waals surface area contributed by atoms with Gasteiger partial charge in [0.2, 0.25) is 0 Å². The summed E-state index contributed by atoms with van der Waals surface area (Å²) in [5.74, 6) is 0. The maximum Gasteiger partial charge on any atom is 0.257 e. The summed E-state index contributed by atoms with van der Waals surface area (Å²) in [5.41, 5.74) is 0.823. The molecule has 4 heteroatoms. The Morgan fingerprint density at radius 2 is 1.85 bits per heavy atom. The van der Waals surface area contributed by atoms with Gasteiger partial charge in [-0.1, -0.05) is 30.3 Å². The summed E-state index contributed by atoms with van der Waals surface area (Å²) in [7, 11) is 1.57. The monoisotopic (exact) mass is 216 g/mol. The lowest BCUT2D eigenvalue weighted by atomic mass is 10.2. The molecule has 70 valence electrons. The van der Waals surface area contributed by atoms with Gasteiger partial charge in [-0.15, -0.1) is 0 Å². The molecule has 0 N–H and O–H groups in total. The zero-order valence-electron chi connectivity index (χ0n) is 7.07. The van der Waals surface area contributed by atoms with Crippen LogP contribution >= 0.6 is 10.7 Å². The summed E-state index contributed by atoms with van der Waals surface area (Å²) >= 11 is 0. The predicted molar refractivity (Wildman–Crippen MR) is 54.9 cm³/mol. The molecular formula is C9H9ClO2S. The number of rotatable bonds is 2. The molecule has 0 amide bonds. The highest BCUT2D eigenvalue weighted by molar-refractivity contribution is 8.16. The summed E-state index contributed by atoms with van der Waals surface area (Å²) in [6, 6.07) is 9.15. The molecule has 0 radical (unpaired) electrons. The second-order valence-corrected chi connectivity index (χ2v) is 5.34. The van der Waals surface area contributed by atoms with Crippen molar-refractivity contribution in [2.75, 3.05) is 0 Å². The molecule has 0 bridgehead atoms. The molecule has 0 atom stereocenters. The van der Waals surface area contributed by atoms with E-state index in [0.29, 0.717) is 0 Å². The fraction of sp³-hybridized carbons (Fsp3) is 0.111. The molecule has 0 aliphatic heterocycles. The molecular weight excluding hydrogens is 208 g/mol. The van der Waals surface area contributed by atoms with Crippen LogP contribution in [0.1, 0.15) is 12.5 Å².